The lowest BCUT2D eigenvalue weighted by molar-refractivity contribution is -0.153. The maximum Gasteiger partial charge on any atom is 0.422 e. The molecule has 0 aromatic heterocycles. The molecule has 1 aliphatic rings. The summed E-state index contributed by atoms with van der Waals surface area (Å²) < 4.78 is 59.5. The maximum absolute atomic E-state index is 13.1. The highest BCUT2D eigenvalue weighted by Crippen LogP contribution is 2.28. The Morgan fingerprint density at radius 1 is 1.41 bits per heavy atom. The predicted molar refractivity (Wildman–Crippen MR) is 70.2 cm³/mol. The fourth-order valence-electron chi connectivity index (χ4n) is 2.09. The van der Waals surface area contributed by atoms with Gasteiger partial charge in [-0.05, 0) is 25.0 Å². The van der Waals surface area contributed by atoms with Crippen LogP contribution in [0.25, 0.3) is 0 Å². The molecule has 0 aliphatic carbocycles. The van der Waals surface area contributed by atoms with Crippen molar-refractivity contribution in [2.24, 2.45) is 0 Å². The van der Waals surface area contributed by atoms with Gasteiger partial charge in [-0.3, -0.25) is 4.79 Å². The third-order valence-electron chi connectivity index (χ3n) is 3.05. The highest BCUT2D eigenvalue weighted by molar-refractivity contribution is 5.92. The largest absolute Gasteiger partial charge is 0.482 e. The highest BCUT2D eigenvalue weighted by Gasteiger charge is 2.29. The quantitative estimate of drug-likeness (QED) is 0.847. The van der Waals surface area contributed by atoms with E-state index >= 15 is 0 Å². The molecule has 1 heterocycles. The first-order valence-electron chi connectivity index (χ1n) is 6.74. The van der Waals surface area contributed by atoms with Gasteiger partial charge in [0.25, 0.3) is 0 Å². The van der Waals surface area contributed by atoms with Crippen LogP contribution in [-0.4, -0.2) is 31.4 Å². The van der Waals surface area contributed by atoms with Gasteiger partial charge in [0.05, 0.1) is 18.2 Å². The van der Waals surface area contributed by atoms with Gasteiger partial charge in [0.15, 0.2) is 6.61 Å². The molecule has 1 aliphatic heterocycles. The van der Waals surface area contributed by atoms with E-state index in [1.54, 1.807) is 0 Å². The summed E-state index contributed by atoms with van der Waals surface area (Å²) in [7, 11) is 0. The summed E-state index contributed by atoms with van der Waals surface area (Å²) in [6.45, 7) is -0.973. The molecule has 0 bridgehead atoms. The van der Waals surface area contributed by atoms with Crippen LogP contribution >= 0.6 is 0 Å². The third kappa shape index (κ3) is 5.18. The van der Waals surface area contributed by atoms with Crippen LogP contribution in [0.4, 0.5) is 23.2 Å². The predicted octanol–water partition coefficient (Wildman–Crippen LogP) is 3.27. The summed E-state index contributed by atoms with van der Waals surface area (Å²) >= 11 is 0. The molecule has 1 amide bonds. The highest BCUT2D eigenvalue weighted by atomic mass is 19.4. The Kier molecular flexibility index (Phi) is 5.23. The Morgan fingerprint density at radius 3 is 2.82 bits per heavy atom. The molecule has 4 nitrogen and oxygen atoms in total. The summed E-state index contributed by atoms with van der Waals surface area (Å²) in [5, 5.41) is 2.42. The van der Waals surface area contributed by atoms with Crippen molar-refractivity contribution in [2.75, 3.05) is 18.5 Å². The van der Waals surface area contributed by atoms with E-state index < -0.39 is 24.5 Å². The molecule has 1 atom stereocenters. The van der Waals surface area contributed by atoms with Crippen LogP contribution in [0.2, 0.25) is 0 Å². The molecule has 0 saturated carbocycles. The van der Waals surface area contributed by atoms with Crippen molar-refractivity contribution in [3.05, 3.63) is 24.0 Å². The fourth-order valence-corrected chi connectivity index (χ4v) is 2.09. The molecule has 1 aromatic carbocycles. The number of halogens is 4. The van der Waals surface area contributed by atoms with E-state index in [2.05, 4.69) is 10.1 Å². The van der Waals surface area contributed by atoms with Gasteiger partial charge in [-0.2, -0.15) is 13.2 Å². The lowest BCUT2D eigenvalue weighted by Gasteiger charge is -2.15. The maximum atomic E-state index is 13.1. The lowest BCUT2D eigenvalue weighted by atomic mass is 10.1. The number of alkyl halides is 3. The Balaban J connectivity index is 2.00. The van der Waals surface area contributed by atoms with E-state index in [4.69, 9.17) is 4.74 Å². The number of carbonyl (C=O) groups excluding carboxylic acids is 1. The van der Waals surface area contributed by atoms with E-state index in [9.17, 15) is 22.4 Å². The molecule has 1 N–H and O–H groups in total. The zero-order chi connectivity index (χ0) is 16.2. The van der Waals surface area contributed by atoms with Gasteiger partial charge in [-0.1, -0.05) is 0 Å². The van der Waals surface area contributed by atoms with Crippen LogP contribution in [0.3, 0.4) is 0 Å². The summed E-state index contributed by atoms with van der Waals surface area (Å²) in [4.78, 5) is 11.8. The SMILES string of the molecule is O=C(CC1CCCO1)Nc1ccc(F)cc1OCC(F)(F)F. The molecule has 1 saturated heterocycles. The molecular formula is C14H15F4NO3. The van der Waals surface area contributed by atoms with Crippen LogP contribution in [0.1, 0.15) is 19.3 Å². The molecular weight excluding hydrogens is 306 g/mol. The number of hydrogen-bond donors (Lipinski definition) is 1. The molecule has 1 aromatic rings. The minimum absolute atomic E-state index is 0.00588. The van der Waals surface area contributed by atoms with Crippen LogP contribution < -0.4 is 10.1 Å². The van der Waals surface area contributed by atoms with Gasteiger partial charge in [-0.15, -0.1) is 0 Å². The van der Waals surface area contributed by atoms with Gasteiger partial charge in [0.2, 0.25) is 5.91 Å². The van der Waals surface area contributed by atoms with Gasteiger partial charge in [0.1, 0.15) is 11.6 Å². The van der Waals surface area contributed by atoms with Crippen LogP contribution in [0.15, 0.2) is 18.2 Å². The average Bonchev–Trinajstić information content (AvgIpc) is 2.91. The standard InChI is InChI=1S/C14H15F4NO3/c15-9-3-4-11(12(6-9)22-8-14(16,17)18)19-13(20)7-10-2-1-5-21-10/h3-4,6,10H,1-2,5,7-8H2,(H,19,20). The molecule has 8 heteroatoms. The number of benzene rings is 1. The molecule has 2 rings (SSSR count). The normalized spacial score (nSPS) is 18.3. The van der Waals surface area contributed by atoms with Gasteiger partial charge in [0, 0.05) is 12.7 Å². The summed E-state index contributed by atoms with van der Waals surface area (Å²) in [5.74, 6) is -1.54. The number of hydrogen-bond acceptors (Lipinski definition) is 3. The number of nitrogens with one attached hydrogen (secondary N) is 1. The first-order chi connectivity index (χ1) is 10.3. The Labute approximate surface area is 124 Å². The number of ether oxygens (including phenoxy) is 2. The van der Waals surface area contributed by atoms with E-state index in [-0.39, 0.29) is 24.0 Å². The number of anilines is 1. The molecule has 0 spiro atoms. The molecule has 122 valence electrons. The molecule has 1 unspecified atom stereocenters. The van der Waals surface area contributed by atoms with E-state index in [1.165, 1.54) is 0 Å². The van der Waals surface area contributed by atoms with Crippen molar-refractivity contribution in [1.29, 1.82) is 0 Å². The van der Waals surface area contributed by atoms with Crippen molar-refractivity contribution in [1.82, 2.24) is 0 Å². The van der Waals surface area contributed by atoms with Crippen molar-refractivity contribution in [3.63, 3.8) is 0 Å². The second-order valence-electron chi connectivity index (χ2n) is 4.93. The van der Waals surface area contributed by atoms with Gasteiger partial charge in [-0.25, -0.2) is 4.39 Å². The zero-order valence-corrected chi connectivity index (χ0v) is 11.6. The smallest absolute Gasteiger partial charge is 0.422 e. The third-order valence-corrected chi connectivity index (χ3v) is 3.05. The van der Waals surface area contributed by atoms with Crippen molar-refractivity contribution >= 4 is 11.6 Å². The van der Waals surface area contributed by atoms with Gasteiger partial charge < -0.3 is 14.8 Å². The fraction of sp³-hybridized carbons (Fsp3) is 0.500. The molecule has 1 fully saturated rings. The topological polar surface area (TPSA) is 47.6 Å². The molecule has 0 radical (unpaired) electrons. The van der Waals surface area contributed by atoms with E-state index in [0.29, 0.717) is 6.61 Å². The minimum atomic E-state index is -4.55. The lowest BCUT2D eigenvalue weighted by Crippen LogP contribution is -2.22. The van der Waals surface area contributed by atoms with Crippen molar-refractivity contribution < 1.29 is 31.8 Å². The van der Waals surface area contributed by atoms with Crippen LogP contribution in [-0.2, 0) is 9.53 Å². The number of amides is 1. The van der Waals surface area contributed by atoms with Crippen molar-refractivity contribution in [2.45, 2.75) is 31.5 Å². The second-order valence-corrected chi connectivity index (χ2v) is 4.93. The van der Waals surface area contributed by atoms with E-state index in [1.807, 2.05) is 0 Å². The minimum Gasteiger partial charge on any atom is -0.482 e. The Hall–Kier alpha value is -1.83. The average molecular weight is 321 g/mol. The first-order valence-corrected chi connectivity index (χ1v) is 6.74. The summed E-state index contributed by atoms with van der Waals surface area (Å²) in [5.41, 5.74) is -0.00588. The van der Waals surface area contributed by atoms with Gasteiger partial charge >= 0.3 is 6.18 Å². The number of rotatable bonds is 5. The Bertz CT molecular complexity index is 527. The Morgan fingerprint density at radius 2 is 2.18 bits per heavy atom. The zero-order valence-electron chi connectivity index (χ0n) is 11.6. The monoisotopic (exact) mass is 321 g/mol. The van der Waals surface area contributed by atoms with E-state index in [0.717, 1.165) is 31.0 Å². The first kappa shape index (κ1) is 16.5. The number of carbonyl (C=O) groups is 1. The second kappa shape index (κ2) is 6.95. The molecule has 22 heavy (non-hydrogen) atoms. The summed E-state index contributed by atoms with van der Waals surface area (Å²) in [6.07, 6.45) is -3.02. The summed E-state index contributed by atoms with van der Waals surface area (Å²) in [6, 6.07) is 2.99. The van der Waals surface area contributed by atoms with Crippen molar-refractivity contribution in [3.8, 4) is 5.75 Å². The van der Waals surface area contributed by atoms with Crippen LogP contribution in [0, 0.1) is 5.82 Å². The van der Waals surface area contributed by atoms with Crippen LogP contribution in [0.5, 0.6) is 5.75 Å².